The monoisotopic (exact) mass is 446 g/mol. The zero-order valence-corrected chi connectivity index (χ0v) is 22.3. The van der Waals surface area contributed by atoms with Crippen LogP contribution >= 0.6 is 0 Å². The summed E-state index contributed by atoms with van der Waals surface area (Å²) in [4.78, 5) is 11.5. The van der Waals surface area contributed by atoms with E-state index in [0.29, 0.717) is 16.9 Å². The highest BCUT2D eigenvalue weighted by Gasteiger charge is 2.60. The summed E-state index contributed by atoms with van der Waals surface area (Å²) in [6, 6.07) is 0. The molecule has 0 aliphatic heterocycles. The molecule has 0 aromatic rings. The standard InChI is InChI=1S/C27H46O3Si/c1-18(28)29-20-13-15-26(5)19(17-20)9-10-21-22-11-12-24(27(22,6)16-14-23(21)26)30-31(7,8)25(2,3)4/h9,20-24H,10-17H2,1-8H3/t20-,21-,22-,23-,24-,26-,27-/m0/s1. The lowest BCUT2D eigenvalue weighted by molar-refractivity contribution is -0.148. The van der Waals surface area contributed by atoms with E-state index in [2.05, 4.69) is 53.8 Å². The molecule has 0 N–H and O–H groups in total. The van der Waals surface area contributed by atoms with Gasteiger partial charge in [-0.1, -0.05) is 46.3 Å². The van der Waals surface area contributed by atoms with Crippen LogP contribution in [-0.4, -0.2) is 26.5 Å². The van der Waals surface area contributed by atoms with Crippen molar-refractivity contribution in [3.05, 3.63) is 11.6 Å². The molecule has 3 nitrogen and oxygen atoms in total. The van der Waals surface area contributed by atoms with Crippen LogP contribution in [0.5, 0.6) is 0 Å². The third-order valence-electron chi connectivity index (χ3n) is 10.5. The van der Waals surface area contributed by atoms with E-state index in [-0.39, 0.29) is 17.1 Å². The molecule has 0 unspecified atom stereocenters. The van der Waals surface area contributed by atoms with E-state index < -0.39 is 8.32 Å². The molecule has 4 rings (SSSR count). The van der Waals surface area contributed by atoms with E-state index in [9.17, 15) is 4.79 Å². The van der Waals surface area contributed by atoms with E-state index in [1.807, 2.05) is 0 Å². The van der Waals surface area contributed by atoms with E-state index in [4.69, 9.17) is 9.16 Å². The molecule has 0 aromatic heterocycles. The molecule has 0 heterocycles. The molecule has 176 valence electrons. The Kier molecular flexibility index (Phi) is 5.86. The fraction of sp³-hybridized carbons (Fsp3) is 0.889. The Labute approximate surface area is 191 Å². The summed E-state index contributed by atoms with van der Waals surface area (Å²) in [5.41, 5.74) is 2.23. The van der Waals surface area contributed by atoms with Crippen molar-refractivity contribution >= 4 is 14.3 Å². The van der Waals surface area contributed by atoms with Crippen molar-refractivity contribution in [3.63, 3.8) is 0 Å². The van der Waals surface area contributed by atoms with Gasteiger partial charge >= 0.3 is 5.97 Å². The predicted octanol–water partition coefficient (Wildman–Crippen LogP) is 7.27. The van der Waals surface area contributed by atoms with Gasteiger partial charge in [-0.05, 0) is 91.7 Å². The lowest BCUT2D eigenvalue weighted by Gasteiger charge is -2.58. The van der Waals surface area contributed by atoms with E-state index in [0.717, 1.165) is 30.6 Å². The quantitative estimate of drug-likeness (QED) is 0.260. The first-order chi connectivity index (χ1) is 14.3. The number of carbonyl (C=O) groups excluding carboxylic acids is 1. The normalized spacial score (nSPS) is 42.8. The molecule has 4 aliphatic carbocycles. The SMILES string of the molecule is CC(=O)O[C@H]1CC[C@@]2(C)C(=CC[C@H]3[C@@H]4CC[C@H](O[Si](C)(C)C(C)(C)C)[C@@]4(C)CC[C@@H]32)C1. The van der Waals surface area contributed by atoms with Gasteiger partial charge in [-0.15, -0.1) is 0 Å². The second-order valence-electron chi connectivity index (χ2n) is 13.2. The van der Waals surface area contributed by atoms with Crippen LogP contribution in [0.15, 0.2) is 11.6 Å². The zero-order valence-electron chi connectivity index (χ0n) is 21.3. The third-order valence-corrected chi connectivity index (χ3v) is 15.0. The smallest absolute Gasteiger partial charge is 0.302 e. The summed E-state index contributed by atoms with van der Waals surface area (Å²) in [5.74, 6) is 2.25. The summed E-state index contributed by atoms with van der Waals surface area (Å²) in [6.07, 6.45) is 12.7. The van der Waals surface area contributed by atoms with Crippen molar-refractivity contribution in [2.45, 2.75) is 123 Å². The van der Waals surface area contributed by atoms with E-state index in [1.54, 1.807) is 12.5 Å². The third kappa shape index (κ3) is 3.88. The first-order valence-corrected chi connectivity index (χ1v) is 15.7. The van der Waals surface area contributed by atoms with Gasteiger partial charge in [0.2, 0.25) is 0 Å². The molecule has 0 aromatic carbocycles. The highest BCUT2D eigenvalue weighted by Crippen LogP contribution is 2.65. The lowest BCUT2D eigenvalue weighted by Crippen LogP contribution is -2.53. The van der Waals surface area contributed by atoms with Crippen molar-refractivity contribution in [2.24, 2.45) is 28.6 Å². The molecule has 0 radical (unpaired) electrons. The molecule has 0 bridgehead atoms. The van der Waals surface area contributed by atoms with E-state index >= 15 is 0 Å². The molecule has 3 saturated carbocycles. The molecule has 4 aliphatic rings. The maximum absolute atomic E-state index is 11.5. The number of hydrogen-bond acceptors (Lipinski definition) is 3. The maximum atomic E-state index is 11.5. The summed E-state index contributed by atoms with van der Waals surface area (Å²) in [6.45, 7) is 18.6. The Morgan fingerprint density at radius 3 is 2.42 bits per heavy atom. The van der Waals surface area contributed by atoms with Gasteiger partial charge in [0.05, 0.1) is 6.10 Å². The Morgan fingerprint density at radius 1 is 1.06 bits per heavy atom. The highest BCUT2D eigenvalue weighted by atomic mass is 28.4. The summed E-state index contributed by atoms with van der Waals surface area (Å²) < 4.78 is 12.7. The second-order valence-corrected chi connectivity index (χ2v) is 18.0. The molecule has 7 atom stereocenters. The number of ether oxygens (including phenoxy) is 1. The van der Waals surface area contributed by atoms with Crippen molar-refractivity contribution in [1.82, 2.24) is 0 Å². The maximum Gasteiger partial charge on any atom is 0.302 e. The van der Waals surface area contributed by atoms with Gasteiger partial charge in [0.1, 0.15) is 6.10 Å². The van der Waals surface area contributed by atoms with Crippen LogP contribution < -0.4 is 0 Å². The van der Waals surface area contributed by atoms with Gasteiger partial charge in [0.25, 0.3) is 0 Å². The number of fused-ring (bicyclic) bond motifs is 5. The lowest BCUT2D eigenvalue weighted by atomic mass is 9.48. The molecular weight excluding hydrogens is 400 g/mol. The number of allylic oxidation sites excluding steroid dienone is 1. The molecule has 0 spiro atoms. The number of rotatable bonds is 3. The molecule has 31 heavy (non-hydrogen) atoms. The van der Waals surface area contributed by atoms with Gasteiger partial charge in [-0.3, -0.25) is 4.79 Å². The van der Waals surface area contributed by atoms with Gasteiger partial charge in [0.15, 0.2) is 8.32 Å². The average Bonchev–Trinajstić information content (AvgIpc) is 2.96. The zero-order chi connectivity index (χ0) is 22.8. The number of carbonyl (C=O) groups is 1. The van der Waals surface area contributed by atoms with Crippen molar-refractivity contribution < 1.29 is 14.0 Å². The van der Waals surface area contributed by atoms with Crippen molar-refractivity contribution in [2.75, 3.05) is 0 Å². The fourth-order valence-corrected chi connectivity index (χ4v) is 9.09. The Balaban J connectivity index is 1.53. The van der Waals surface area contributed by atoms with Crippen LogP contribution in [0.2, 0.25) is 18.1 Å². The topological polar surface area (TPSA) is 35.5 Å². The van der Waals surface area contributed by atoms with Crippen molar-refractivity contribution in [1.29, 1.82) is 0 Å². The Hall–Kier alpha value is -0.613. The summed E-state index contributed by atoms with van der Waals surface area (Å²) in [5, 5.41) is 0.273. The van der Waals surface area contributed by atoms with Gasteiger partial charge in [-0.25, -0.2) is 0 Å². The molecule has 0 saturated heterocycles. The summed E-state index contributed by atoms with van der Waals surface area (Å²) >= 11 is 0. The van der Waals surface area contributed by atoms with Crippen LogP contribution in [0, 0.1) is 28.6 Å². The largest absolute Gasteiger partial charge is 0.462 e. The van der Waals surface area contributed by atoms with Crippen LogP contribution in [0.3, 0.4) is 0 Å². The van der Waals surface area contributed by atoms with Gasteiger partial charge in [-0.2, -0.15) is 0 Å². The summed E-state index contributed by atoms with van der Waals surface area (Å²) in [7, 11) is -1.75. The minimum Gasteiger partial charge on any atom is -0.462 e. The van der Waals surface area contributed by atoms with Crippen LogP contribution in [-0.2, 0) is 14.0 Å². The highest BCUT2D eigenvalue weighted by molar-refractivity contribution is 6.74. The molecule has 0 amide bonds. The first kappa shape index (κ1) is 23.5. The fourth-order valence-electron chi connectivity index (χ4n) is 7.64. The van der Waals surface area contributed by atoms with Crippen LogP contribution in [0.1, 0.15) is 92.9 Å². The molecule has 3 fully saturated rings. The second kappa shape index (κ2) is 7.72. The number of hydrogen-bond donors (Lipinski definition) is 0. The van der Waals surface area contributed by atoms with Gasteiger partial charge in [0, 0.05) is 13.3 Å². The number of esters is 1. The Morgan fingerprint density at radius 2 is 1.77 bits per heavy atom. The molecule has 4 heteroatoms. The van der Waals surface area contributed by atoms with Crippen LogP contribution in [0.25, 0.3) is 0 Å². The van der Waals surface area contributed by atoms with Gasteiger partial charge < -0.3 is 9.16 Å². The minimum atomic E-state index is -1.75. The Bertz CT molecular complexity index is 750. The first-order valence-electron chi connectivity index (χ1n) is 12.8. The predicted molar refractivity (Wildman–Crippen MR) is 129 cm³/mol. The van der Waals surface area contributed by atoms with E-state index in [1.165, 1.54) is 38.5 Å². The minimum absolute atomic E-state index is 0.0936. The average molecular weight is 447 g/mol. The van der Waals surface area contributed by atoms with Crippen LogP contribution in [0.4, 0.5) is 0 Å². The van der Waals surface area contributed by atoms with Crippen molar-refractivity contribution in [3.8, 4) is 0 Å². The molecular formula is C27H46O3Si.